The Kier molecular flexibility index (Phi) is 11.9. The molecule has 0 aliphatic rings. The van der Waals surface area contributed by atoms with Gasteiger partial charge in [-0.15, -0.1) is 0 Å². The number of ether oxygens (including phenoxy) is 4. The Morgan fingerprint density at radius 3 is 1.74 bits per heavy atom. The molecule has 6 aromatic carbocycles. The number of fused-ring (bicyclic) bond motifs is 1. The van der Waals surface area contributed by atoms with Gasteiger partial charge in [-0.1, -0.05) is 121 Å². The van der Waals surface area contributed by atoms with Crippen LogP contribution < -0.4 is 29.7 Å². The summed E-state index contributed by atoms with van der Waals surface area (Å²) in [6.07, 6.45) is 0.0891. The lowest BCUT2D eigenvalue weighted by Gasteiger charge is -2.19. The number of aromatic hydroxyl groups is 1. The van der Waals surface area contributed by atoms with E-state index in [0.29, 0.717) is 17.1 Å². The topological polar surface area (TPSA) is 134 Å². The van der Waals surface area contributed by atoms with Crippen LogP contribution in [0, 0.1) is 0 Å². The first-order valence-corrected chi connectivity index (χ1v) is 18.3. The monoisotopic (exact) mass is 761 g/mol. The van der Waals surface area contributed by atoms with Crippen LogP contribution in [0.5, 0.6) is 28.7 Å². The third-order valence-corrected chi connectivity index (χ3v) is 8.98. The van der Waals surface area contributed by atoms with Crippen LogP contribution in [0.4, 0.5) is 0 Å². The maximum Gasteiger partial charge on any atom is 0.334 e. The summed E-state index contributed by atoms with van der Waals surface area (Å²) in [5.41, 5.74) is 2.97. The molecule has 10 nitrogen and oxygen atoms in total. The number of carbonyl (C=O) groups excluding carboxylic acids is 2. The van der Waals surface area contributed by atoms with Crippen LogP contribution in [0.25, 0.3) is 22.3 Å². The molecule has 0 radical (unpaired) electrons. The van der Waals surface area contributed by atoms with Crippen LogP contribution >= 0.6 is 0 Å². The highest BCUT2D eigenvalue weighted by Gasteiger charge is 2.28. The fourth-order valence-corrected chi connectivity index (χ4v) is 6.18. The highest BCUT2D eigenvalue weighted by molar-refractivity contribution is 5.91. The number of benzene rings is 6. The molecule has 0 aliphatic carbocycles. The molecule has 1 heterocycles. The molecule has 0 aliphatic heterocycles. The summed E-state index contributed by atoms with van der Waals surface area (Å²) in [6.45, 7) is 1.93. The number of phenols is 1. The third kappa shape index (κ3) is 9.68. The number of hydrogen-bond donors (Lipinski definition) is 2. The van der Waals surface area contributed by atoms with Crippen LogP contribution in [-0.4, -0.2) is 23.0 Å². The largest absolute Gasteiger partial charge is 0.507 e. The van der Waals surface area contributed by atoms with E-state index < -0.39 is 34.8 Å². The highest BCUT2D eigenvalue weighted by Crippen LogP contribution is 2.40. The Morgan fingerprint density at radius 1 is 0.649 bits per heavy atom. The van der Waals surface area contributed by atoms with Crippen molar-refractivity contribution in [1.29, 1.82) is 0 Å². The summed E-state index contributed by atoms with van der Waals surface area (Å²) < 4.78 is 30.8. The van der Waals surface area contributed by atoms with Crippen molar-refractivity contribution >= 4 is 22.8 Å². The summed E-state index contributed by atoms with van der Waals surface area (Å²) in [5, 5.41) is 13.6. The fraction of sp³-hybridized carbons (Fsp3) is 0.128. The van der Waals surface area contributed by atoms with Gasteiger partial charge >= 0.3 is 5.97 Å². The van der Waals surface area contributed by atoms with E-state index in [-0.39, 0.29) is 48.7 Å². The van der Waals surface area contributed by atoms with Crippen molar-refractivity contribution in [3.63, 3.8) is 0 Å². The van der Waals surface area contributed by atoms with E-state index in [1.165, 1.54) is 19.1 Å². The quantitative estimate of drug-likeness (QED) is 0.0987. The molecule has 7 aromatic rings. The molecule has 0 spiro atoms. The first kappa shape index (κ1) is 38.0. The first-order chi connectivity index (χ1) is 27.8. The molecule has 0 saturated carbocycles. The molecule has 1 atom stereocenters. The second-order valence-corrected chi connectivity index (χ2v) is 13.3. The Balaban J connectivity index is 1.32. The Hall–Kier alpha value is -7.33. The molecule has 0 fully saturated rings. The van der Waals surface area contributed by atoms with E-state index in [0.717, 1.165) is 22.3 Å². The van der Waals surface area contributed by atoms with Crippen molar-refractivity contribution < 1.29 is 38.1 Å². The molecule has 0 unspecified atom stereocenters. The van der Waals surface area contributed by atoms with Crippen LogP contribution in [0.15, 0.2) is 161 Å². The summed E-state index contributed by atoms with van der Waals surface area (Å²) >= 11 is 0. The number of carbonyl (C=O) groups is 2. The van der Waals surface area contributed by atoms with Gasteiger partial charge in [0.1, 0.15) is 48.3 Å². The van der Waals surface area contributed by atoms with Crippen LogP contribution in [0.2, 0.25) is 0 Å². The van der Waals surface area contributed by atoms with Crippen LogP contribution in [0.3, 0.4) is 0 Å². The zero-order valence-electron chi connectivity index (χ0n) is 31.1. The van der Waals surface area contributed by atoms with Gasteiger partial charge < -0.3 is 33.8 Å². The summed E-state index contributed by atoms with van der Waals surface area (Å²) in [6, 6.07) is 44.4. The zero-order valence-corrected chi connectivity index (χ0v) is 31.1. The lowest BCUT2D eigenvalue weighted by atomic mass is 10.1. The molecule has 2 N–H and O–H groups in total. The van der Waals surface area contributed by atoms with Gasteiger partial charge in [0.2, 0.25) is 17.1 Å². The predicted octanol–water partition coefficient (Wildman–Crippen LogP) is 8.56. The number of phenolic OH excluding ortho intramolecular Hbond substituents is 1. The smallest absolute Gasteiger partial charge is 0.334 e. The first-order valence-electron chi connectivity index (χ1n) is 18.3. The Bertz CT molecular complexity index is 2520. The molecule has 57 heavy (non-hydrogen) atoms. The molecule has 7 rings (SSSR count). The van der Waals surface area contributed by atoms with E-state index in [1.54, 1.807) is 18.2 Å². The van der Waals surface area contributed by atoms with Gasteiger partial charge in [-0.25, -0.2) is 4.79 Å². The summed E-state index contributed by atoms with van der Waals surface area (Å²) in [4.78, 5) is 40.6. The second kappa shape index (κ2) is 17.9. The number of esters is 1. The van der Waals surface area contributed by atoms with E-state index >= 15 is 0 Å². The van der Waals surface area contributed by atoms with E-state index in [2.05, 4.69) is 5.32 Å². The molecule has 10 heteroatoms. The van der Waals surface area contributed by atoms with E-state index in [4.69, 9.17) is 23.4 Å². The van der Waals surface area contributed by atoms with Crippen molar-refractivity contribution in [1.82, 2.24) is 5.32 Å². The van der Waals surface area contributed by atoms with E-state index in [9.17, 15) is 19.5 Å². The van der Waals surface area contributed by atoms with Gasteiger partial charge in [0, 0.05) is 31.0 Å². The summed E-state index contributed by atoms with van der Waals surface area (Å²) in [5.74, 6) is -1.44. The number of amides is 1. The van der Waals surface area contributed by atoms with Crippen molar-refractivity contribution in [2.75, 3.05) is 0 Å². The third-order valence-electron chi connectivity index (χ3n) is 8.98. The van der Waals surface area contributed by atoms with Crippen LogP contribution in [-0.2, 0) is 35.8 Å². The van der Waals surface area contributed by atoms with Crippen molar-refractivity contribution in [2.24, 2.45) is 0 Å². The SMILES string of the molecule is CC(=O)N[C@@H](Cc1ccccc1)C(=O)Oc1c(-c2ccc(OCc3ccccc3)c(OCc3ccccc3)c2)oc2cc(OCc3ccccc3)cc(O)c2c1=O. The molecule has 286 valence electrons. The molecule has 1 amide bonds. The van der Waals surface area contributed by atoms with E-state index in [1.807, 2.05) is 121 Å². The summed E-state index contributed by atoms with van der Waals surface area (Å²) in [7, 11) is 0. The zero-order chi connectivity index (χ0) is 39.6. The normalized spacial score (nSPS) is 11.4. The van der Waals surface area contributed by atoms with Gasteiger partial charge in [-0.05, 0) is 40.5 Å². The van der Waals surface area contributed by atoms with Crippen LogP contribution in [0.1, 0.15) is 29.2 Å². The van der Waals surface area contributed by atoms with Gasteiger partial charge in [0.05, 0.1) is 0 Å². The molecule has 0 saturated heterocycles. The standard InChI is InChI=1S/C47H39NO9/c1-31(49)48-38(24-32-14-6-2-7-15-32)47(52)57-46-44(51)43-39(50)26-37(53-28-33-16-8-3-9-17-33)27-42(43)56-45(46)36-22-23-40(54-29-34-18-10-4-11-19-34)41(25-36)55-30-35-20-12-5-13-21-35/h2-23,25-27,38,50H,24,28-30H2,1H3,(H,48,49)/t38-/m0/s1. The molecule has 1 aromatic heterocycles. The fourth-order valence-electron chi connectivity index (χ4n) is 6.18. The lowest BCUT2D eigenvalue weighted by Crippen LogP contribution is -2.44. The Labute approximate surface area is 328 Å². The molecular formula is C47H39NO9. The molecular weight excluding hydrogens is 723 g/mol. The predicted molar refractivity (Wildman–Crippen MR) is 215 cm³/mol. The van der Waals surface area contributed by atoms with Crippen molar-refractivity contribution in [2.45, 2.75) is 39.2 Å². The number of rotatable bonds is 15. The maximum absolute atomic E-state index is 14.4. The average molecular weight is 762 g/mol. The minimum absolute atomic E-state index is 0.0169. The Morgan fingerprint density at radius 2 is 1.18 bits per heavy atom. The van der Waals surface area contributed by atoms with Crippen molar-refractivity contribution in [3.8, 4) is 40.1 Å². The number of nitrogens with one attached hydrogen (secondary N) is 1. The van der Waals surface area contributed by atoms with Gasteiger partial charge in [-0.2, -0.15) is 0 Å². The highest BCUT2D eigenvalue weighted by atomic mass is 16.5. The number of hydrogen-bond acceptors (Lipinski definition) is 9. The van der Waals surface area contributed by atoms with Gasteiger partial charge in [0.15, 0.2) is 17.3 Å². The average Bonchev–Trinajstić information content (AvgIpc) is 3.23. The maximum atomic E-state index is 14.4. The van der Waals surface area contributed by atoms with Gasteiger partial charge in [0.25, 0.3) is 0 Å². The lowest BCUT2D eigenvalue weighted by molar-refractivity contribution is -0.139. The van der Waals surface area contributed by atoms with Crippen molar-refractivity contribution in [3.05, 3.63) is 184 Å². The molecule has 0 bridgehead atoms. The van der Waals surface area contributed by atoms with Gasteiger partial charge in [-0.3, -0.25) is 9.59 Å². The minimum atomic E-state index is -1.16. The minimum Gasteiger partial charge on any atom is -0.507 e. The second-order valence-electron chi connectivity index (χ2n) is 13.3.